The first-order chi connectivity index (χ1) is 8.43. The van der Waals surface area contributed by atoms with Gasteiger partial charge in [0.05, 0.1) is 16.2 Å². The highest BCUT2D eigenvalue weighted by Gasteiger charge is 2.12. The maximum atomic E-state index is 10.6. The molecule has 0 saturated carbocycles. The van der Waals surface area contributed by atoms with E-state index in [2.05, 4.69) is 5.32 Å². The van der Waals surface area contributed by atoms with E-state index in [1.807, 2.05) is 32.0 Å². The van der Waals surface area contributed by atoms with Gasteiger partial charge < -0.3 is 10.2 Å². The lowest BCUT2D eigenvalue weighted by Crippen LogP contribution is -2.29. The predicted octanol–water partition coefficient (Wildman–Crippen LogP) is 1.83. The molecule has 0 heterocycles. The molecule has 1 unspecified atom stereocenters. The highest BCUT2D eigenvalue weighted by atomic mass is 16.6. The van der Waals surface area contributed by atoms with Crippen LogP contribution in [0.4, 0.5) is 11.4 Å². The molecule has 96 valence electrons. The molecule has 6 nitrogen and oxygen atoms in total. The molecule has 1 atom stereocenters. The van der Waals surface area contributed by atoms with Gasteiger partial charge in [0.1, 0.15) is 6.07 Å². The zero-order chi connectivity index (χ0) is 13.7. The van der Waals surface area contributed by atoms with Crippen LogP contribution < -0.4 is 5.32 Å². The van der Waals surface area contributed by atoms with E-state index >= 15 is 0 Å². The second kappa shape index (κ2) is 5.98. The van der Waals surface area contributed by atoms with Crippen molar-refractivity contribution in [2.75, 3.05) is 26.0 Å². The third kappa shape index (κ3) is 3.71. The van der Waals surface area contributed by atoms with Crippen molar-refractivity contribution in [2.45, 2.75) is 13.0 Å². The number of likely N-dealkylation sites (N-methyl/N-ethyl adjacent to an activating group) is 1. The van der Waals surface area contributed by atoms with Gasteiger partial charge in [-0.1, -0.05) is 0 Å². The number of hydrogen-bond donors (Lipinski definition) is 1. The SMILES string of the molecule is CC(CN(C)C)Nc1ccc([N+](=O)[O-])cc1C#N. The summed E-state index contributed by atoms with van der Waals surface area (Å²) in [4.78, 5) is 12.1. The third-order valence-electron chi connectivity index (χ3n) is 2.38. The molecular weight excluding hydrogens is 232 g/mol. The second-order valence-electron chi connectivity index (χ2n) is 4.41. The molecule has 0 radical (unpaired) electrons. The lowest BCUT2D eigenvalue weighted by atomic mass is 10.1. The van der Waals surface area contributed by atoms with Crippen LogP contribution in [0.2, 0.25) is 0 Å². The molecule has 1 aromatic carbocycles. The number of nitro groups is 1. The molecule has 18 heavy (non-hydrogen) atoms. The van der Waals surface area contributed by atoms with E-state index < -0.39 is 4.92 Å². The fourth-order valence-corrected chi connectivity index (χ4v) is 1.72. The number of hydrogen-bond acceptors (Lipinski definition) is 5. The summed E-state index contributed by atoms with van der Waals surface area (Å²) in [7, 11) is 3.92. The van der Waals surface area contributed by atoms with Crippen molar-refractivity contribution in [3.8, 4) is 6.07 Å². The van der Waals surface area contributed by atoms with Crippen LogP contribution in [0.1, 0.15) is 12.5 Å². The average Bonchev–Trinajstić information content (AvgIpc) is 2.27. The Hall–Kier alpha value is -2.13. The molecule has 0 aromatic heterocycles. The normalized spacial score (nSPS) is 11.9. The molecule has 1 N–H and O–H groups in total. The van der Waals surface area contributed by atoms with Crippen molar-refractivity contribution < 1.29 is 4.92 Å². The number of nitrogens with zero attached hydrogens (tertiary/aromatic N) is 3. The molecule has 0 fully saturated rings. The Labute approximate surface area is 106 Å². The van der Waals surface area contributed by atoms with Gasteiger partial charge in [-0.3, -0.25) is 10.1 Å². The number of benzene rings is 1. The van der Waals surface area contributed by atoms with Gasteiger partial charge in [-0.2, -0.15) is 5.26 Å². The van der Waals surface area contributed by atoms with Crippen molar-refractivity contribution in [3.63, 3.8) is 0 Å². The van der Waals surface area contributed by atoms with Crippen LogP contribution in [0.15, 0.2) is 18.2 Å². The maximum absolute atomic E-state index is 10.6. The summed E-state index contributed by atoms with van der Waals surface area (Å²) in [6.07, 6.45) is 0. The van der Waals surface area contributed by atoms with Crippen molar-refractivity contribution in [2.24, 2.45) is 0 Å². The topological polar surface area (TPSA) is 82.2 Å². The number of anilines is 1. The molecule has 0 spiro atoms. The van der Waals surface area contributed by atoms with Gasteiger partial charge in [0.15, 0.2) is 0 Å². The molecule has 0 bridgehead atoms. The van der Waals surface area contributed by atoms with Gasteiger partial charge in [0.2, 0.25) is 0 Å². The Balaban J connectivity index is 2.90. The summed E-state index contributed by atoms with van der Waals surface area (Å²) in [6, 6.07) is 6.36. The van der Waals surface area contributed by atoms with Gasteiger partial charge in [-0.05, 0) is 27.1 Å². The lowest BCUT2D eigenvalue weighted by Gasteiger charge is -2.19. The van der Waals surface area contributed by atoms with E-state index in [9.17, 15) is 10.1 Å². The summed E-state index contributed by atoms with van der Waals surface area (Å²) in [5.74, 6) is 0. The molecule has 0 aliphatic carbocycles. The zero-order valence-corrected chi connectivity index (χ0v) is 10.7. The molecule has 1 rings (SSSR count). The van der Waals surface area contributed by atoms with Crippen LogP contribution >= 0.6 is 0 Å². The molecule has 0 aliphatic heterocycles. The largest absolute Gasteiger partial charge is 0.380 e. The number of nitriles is 1. The van der Waals surface area contributed by atoms with Gasteiger partial charge >= 0.3 is 0 Å². The minimum atomic E-state index is -0.506. The number of nitrogens with one attached hydrogen (secondary N) is 1. The first-order valence-electron chi connectivity index (χ1n) is 5.54. The summed E-state index contributed by atoms with van der Waals surface area (Å²) in [6.45, 7) is 2.80. The van der Waals surface area contributed by atoms with E-state index in [0.717, 1.165) is 6.54 Å². The van der Waals surface area contributed by atoms with Gasteiger partial charge in [-0.15, -0.1) is 0 Å². The van der Waals surface area contributed by atoms with Crippen molar-refractivity contribution in [1.82, 2.24) is 4.90 Å². The van der Waals surface area contributed by atoms with Crippen molar-refractivity contribution in [3.05, 3.63) is 33.9 Å². The van der Waals surface area contributed by atoms with Crippen molar-refractivity contribution in [1.29, 1.82) is 5.26 Å². The van der Waals surface area contributed by atoms with Crippen LogP contribution in [0.5, 0.6) is 0 Å². The standard InChI is InChI=1S/C12H16N4O2/c1-9(8-15(2)3)14-12-5-4-11(16(17)18)6-10(12)7-13/h4-6,9,14H,8H2,1-3H3. The van der Waals surface area contributed by atoms with Gasteiger partial charge in [0, 0.05) is 24.7 Å². The van der Waals surface area contributed by atoms with E-state index in [4.69, 9.17) is 5.26 Å². The Bertz CT molecular complexity index is 479. The van der Waals surface area contributed by atoms with Crippen LogP contribution in [0.25, 0.3) is 0 Å². The fourth-order valence-electron chi connectivity index (χ4n) is 1.72. The number of nitro benzene ring substituents is 1. The van der Waals surface area contributed by atoms with Crippen LogP contribution in [0, 0.1) is 21.4 Å². The summed E-state index contributed by atoms with van der Waals surface area (Å²) >= 11 is 0. The summed E-state index contributed by atoms with van der Waals surface area (Å²) in [5.41, 5.74) is 0.838. The van der Waals surface area contributed by atoms with Crippen LogP contribution in [-0.4, -0.2) is 36.5 Å². The molecular formula is C12H16N4O2. The molecule has 0 aliphatic rings. The third-order valence-corrected chi connectivity index (χ3v) is 2.38. The zero-order valence-electron chi connectivity index (χ0n) is 10.7. The van der Waals surface area contributed by atoms with E-state index in [-0.39, 0.29) is 17.3 Å². The highest BCUT2D eigenvalue weighted by Crippen LogP contribution is 2.21. The van der Waals surface area contributed by atoms with E-state index in [1.54, 1.807) is 6.07 Å². The smallest absolute Gasteiger partial charge is 0.270 e. The maximum Gasteiger partial charge on any atom is 0.270 e. The average molecular weight is 248 g/mol. The monoisotopic (exact) mass is 248 g/mol. The molecule has 6 heteroatoms. The van der Waals surface area contributed by atoms with Gasteiger partial charge in [0.25, 0.3) is 5.69 Å². The summed E-state index contributed by atoms with van der Waals surface area (Å²) < 4.78 is 0. The van der Waals surface area contributed by atoms with Crippen LogP contribution in [-0.2, 0) is 0 Å². The van der Waals surface area contributed by atoms with E-state index in [1.165, 1.54) is 12.1 Å². The Morgan fingerprint density at radius 2 is 2.22 bits per heavy atom. The minimum absolute atomic E-state index is 0.0719. The summed E-state index contributed by atoms with van der Waals surface area (Å²) in [5, 5.41) is 22.8. The Morgan fingerprint density at radius 1 is 1.56 bits per heavy atom. The minimum Gasteiger partial charge on any atom is -0.380 e. The Kier molecular flexibility index (Phi) is 4.63. The predicted molar refractivity (Wildman–Crippen MR) is 69.5 cm³/mol. The number of non-ortho nitro benzene ring substituents is 1. The first kappa shape index (κ1) is 13.9. The quantitative estimate of drug-likeness (QED) is 0.635. The van der Waals surface area contributed by atoms with Crippen molar-refractivity contribution >= 4 is 11.4 Å². The lowest BCUT2D eigenvalue weighted by molar-refractivity contribution is -0.384. The van der Waals surface area contributed by atoms with Gasteiger partial charge in [-0.25, -0.2) is 0 Å². The molecule has 0 amide bonds. The molecule has 0 saturated heterocycles. The number of rotatable bonds is 5. The first-order valence-corrected chi connectivity index (χ1v) is 5.54. The van der Waals surface area contributed by atoms with Crippen LogP contribution in [0.3, 0.4) is 0 Å². The Morgan fingerprint density at radius 3 is 2.72 bits per heavy atom. The fraction of sp³-hybridized carbons (Fsp3) is 0.417. The second-order valence-corrected chi connectivity index (χ2v) is 4.41. The molecule has 1 aromatic rings. The highest BCUT2D eigenvalue weighted by molar-refractivity contribution is 5.61. The van der Waals surface area contributed by atoms with E-state index in [0.29, 0.717) is 5.69 Å².